The van der Waals surface area contributed by atoms with Crippen molar-refractivity contribution in [2.75, 3.05) is 0 Å². The first-order chi connectivity index (χ1) is 10.3. The topological polar surface area (TPSA) is 46.5 Å². The second-order valence-corrected chi connectivity index (χ2v) is 4.77. The molecule has 0 aliphatic rings. The first-order valence-electron chi connectivity index (χ1n) is 6.65. The Morgan fingerprint density at radius 3 is 2.48 bits per heavy atom. The predicted octanol–water partition coefficient (Wildman–Crippen LogP) is 3.94. The fraction of sp³-hybridized carbons (Fsp3) is 0.0556. The number of hydrogen-bond donors (Lipinski definition) is 1. The molecule has 0 saturated carbocycles. The van der Waals surface area contributed by atoms with E-state index in [-0.39, 0.29) is 5.75 Å². The Morgan fingerprint density at radius 1 is 0.952 bits per heavy atom. The summed E-state index contributed by atoms with van der Waals surface area (Å²) in [6, 6.07) is 18.3. The van der Waals surface area contributed by atoms with Crippen LogP contribution in [0.4, 0.5) is 0 Å². The number of carbonyl (C=O) groups excluding carboxylic acids is 1. The highest BCUT2D eigenvalue weighted by Gasteiger charge is 2.08. The average molecular weight is 278 g/mol. The Hall–Kier alpha value is -2.81. The van der Waals surface area contributed by atoms with Gasteiger partial charge in [-0.1, -0.05) is 42.5 Å². The van der Waals surface area contributed by atoms with E-state index >= 15 is 0 Å². The summed E-state index contributed by atoms with van der Waals surface area (Å²) in [5.41, 5.74) is 1.49. The van der Waals surface area contributed by atoms with Crippen LogP contribution in [0.1, 0.15) is 15.9 Å². The molecule has 0 bridgehead atoms. The summed E-state index contributed by atoms with van der Waals surface area (Å²) in [5.74, 6) is 0.787. The van der Waals surface area contributed by atoms with Crippen LogP contribution in [0.3, 0.4) is 0 Å². The van der Waals surface area contributed by atoms with Crippen molar-refractivity contribution in [3.63, 3.8) is 0 Å². The van der Waals surface area contributed by atoms with E-state index in [1.165, 1.54) is 0 Å². The van der Waals surface area contributed by atoms with Crippen LogP contribution < -0.4 is 4.74 Å². The summed E-state index contributed by atoms with van der Waals surface area (Å²) in [6.45, 7) is 0.347. The smallest absolute Gasteiger partial charge is 0.154 e. The molecule has 3 heteroatoms. The average Bonchev–Trinajstić information content (AvgIpc) is 2.53. The molecule has 0 saturated heterocycles. The van der Waals surface area contributed by atoms with E-state index < -0.39 is 0 Å². The Kier molecular flexibility index (Phi) is 3.56. The van der Waals surface area contributed by atoms with E-state index in [2.05, 4.69) is 0 Å². The largest absolute Gasteiger partial charge is 0.508 e. The summed E-state index contributed by atoms with van der Waals surface area (Å²) in [5, 5.41) is 11.2. The fourth-order valence-electron chi connectivity index (χ4n) is 2.28. The first kappa shape index (κ1) is 13.2. The third-order valence-electron chi connectivity index (χ3n) is 3.38. The van der Waals surface area contributed by atoms with Gasteiger partial charge in [0.1, 0.15) is 18.1 Å². The second kappa shape index (κ2) is 5.67. The van der Waals surface area contributed by atoms with E-state index in [4.69, 9.17) is 4.74 Å². The lowest BCUT2D eigenvalue weighted by Gasteiger charge is -2.11. The minimum atomic E-state index is 0.220. The maximum atomic E-state index is 11.4. The van der Waals surface area contributed by atoms with Crippen molar-refractivity contribution in [2.24, 2.45) is 0 Å². The highest BCUT2D eigenvalue weighted by atomic mass is 16.5. The minimum absolute atomic E-state index is 0.220. The van der Waals surface area contributed by atoms with Crippen LogP contribution in [0.5, 0.6) is 11.5 Å². The summed E-state index contributed by atoms with van der Waals surface area (Å²) in [7, 11) is 0. The maximum Gasteiger partial charge on any atom is 0.154 e. The Bertz CT molecular complexity index is 776. The zero-order chi connectivity index (χ0) is 14.7. The number of aromatic hydroxyl groups is 1. The third-order valence-corrected chi connectivity index (χ3v) is 3.38. The van der Waals surface area contributed by atoms with Gasteiger partial charge in [0, 0.05) is 0 Å². The van der Waals surface area contributed by atoms with Crippen LogP contribution in [0.15, 0.2) is 60.7 Å². The van der Waals surface area contributed by atoms with Gasteiger partial charge in [-0.15, -0.1) is 0 Å². The summed E-state index contributed by atoms with van der Waals surface area (Å²) >= 11 is 0. The van der Waals surface area contributed by atoms with E-state index in [0.29, 0.717) is 17.9 Å². The molecule has 0 spiro atoms. The molecule has 0 aliphatic carbocycles. The molecule has 3 aromatic rings. The fourth-order valence-corrected chi connectivity index (χ4v) is 2.28. The quantitative estimate of drug-likeness (QED) is 0.735. The number of aldehydes is 1. The van der Waals surface area contributed by atoms with Crippen molar-refractivity contribution >= 4 is 17.1 Å². The molecule has 0 radical (unpaired) electrons. The molecule has 21 heavy (non-hydrogen) atoms. The lowest BCUT2D eigenvalue weighted by atomic mass is 10.0. The molecule has 0 atom stereocenters. The zero-order valence-corrected chi connectivity index (χ0v) is 11.3. The summed E-state index contributed by atoms with van der Waals surface area (Å²) in [6.07, 6.45) is 0.828. The molecule has 0 heterocycles. The third kappa shape index (κ3) is 2.72. The van der Waals surface area contributed by atoms with E-state index in [1.54, 1.807) is 24.3 Å². The second-order valence-electron chi connectivity index (χ2n) is 4.77. The number of phenols is 1. The molecule has 104 valence electrons. The van der Waals surface area contributed by atoms with E-state index in [0.717, 1.165) is 22.6 Å². The highest BCUT2D eigenvalue weighted by molar-refractivity contribution is 6.00. The normalized spacial score (nSPS) is 10.5. The van der Waals surface area contributed by atoms with Gasteiger partial charge in [0.15, 0.2) is 6.29 Å². The van der Waals surface area contributed by atoms with E-state index in [9.17, 15) is 9.90 Å². The summed E-state index contributed by atoms with van der Waals surface area (Å²) in [4.78, 5) is 11.4. The first-order valence-corrected chi connectivity index (χ1v) is 6.65. The molecule has 0 unspecified atom stereocenters. The molecular weight excluding hydrogens is 264 g/mol. The van der Waals surface area contributed by atoms with Crippen molar-refractivity contribution in [1.29, 1.82) is 0 Å². The number of phenolic OH excluding ortho intramolecular Hbond substituents is 1. The number of hydrogen-bond acceptors (Lipinski definition) is 3. The van der Waals surface area contributed by atoms with Gasteiger partial charge in [0.05, 0.1) is 5.56 Å². The standard InChI is InChI=1S/C18H14O3/c19-11-17-16-4-2-1-3-14(16)7-10-18(17)21-12-13-5-8-15(20)9-6-13/h1-11,20H,12H2. The Balaban J connectivity index is 1.90. The number of ether oxygens (including phenoxy) is 1. The van der Waals surface area contributed by atoms with Gasteiger partial charge in [-0.3, -0.25) is 4.79 Å². The van der Waals surface area contributed by atoms with Gasteiger partial charge in [0.2, 0.25) is 0 Å². The van der Waals surface area contributed by atoms with Crippen molar-refractivity contribution in [3.05, 3.63) is 71.8 Å². The number of carbonyl (C=O) groups is 1. The van der Waals surface area contributed by atoms with Gasteiger partial charge >= 0.3 is 0 Å². The minimum Gasteiger partial charge on any atom is -0.508 e. The highest BCUT2D eigenvalue weighted by Crippen LogP contribution is 2.27. The maximum absolute atomic E-state index is 11.4. The van der Waals surface area contributed by atoms with Crippen molar-refractivity contribution in [3.8, 4) is 11.5 Å². The van der Waals surface area contributed by atoms with Crippen molar-refractivity contribution < 1.29 is 14.6 Å². The molecule has 3 aromatic carbocycles. The molecule has 0 aromatic heterocycles. The predicted molar refractivity (Wildman–Crippen MR) is 81.8 cm³/mol. The van der Waals surface area contributed by atoms with Crippen molar-refractivity contribution in [2.45, 2.75) is 6.61 Å². The molecule has 1 N–H and O–H groups in total. The van der Waals surface area contributed by atoms with Gasteiger partial charge in [-0.25, -0.2) is 0 Å². The van der Waals surface area contributed by atoms with Gasteiger partial charge in [-0.2, -0.15) is 0 Å². The zero-order valence-electron chi connectivity index (χ0n) is 11.3. The van der Waals surface area contributed by atoms with Crippen LogP contribution >= 0.6 is 0 Å². The molecular formula is C18H14O3. The van der Waals surface area contributed by atoms with Gasteiger partial charge < -0.3 is 9.84 Å². The van der Waals surface area contributed by atoms with Crippen LogP contribution in [-0.2, 0) is 6.61 Å². The summed E-state index contributed by atoms with van der Waals surface area (Å²) < 4.78 is 5.75. The number of benzene rings is 3. The van der Waals surface area contributed by atoms with Crippen LogP contribution in [0.25, 0.3) is 10.8 Å². The molecule has 3 rings (SSSR count). The van der Waals surface area contributed by atoms with Gasteiger partial charge in [0.25, 0.3) is 0 Å². The van der Waals surface area contributed by atoms with Crippen LogP contribution in [-0.4, -0.2) is 11.4 Å². The molecule has 0 amide bonds. The number of fused-ring (bicyclic) bond motifs is 1. The molecule has 0 fully saturated rings. The van der Waals surface area contributed by atoms with Crippen LogP contribution in [0.2, 0.25) is 0 Å². The lowest BCUT2D eigenvalue weighted by Crippen LogP contribution is -1.98. The van der Waals surface area contributed by atoms with Crippen molar-refractivity contribution in [1.82, 2.24) is 0 Å². The number of rotatable bonds is 4. The molecule has 0 aliphatic heterocycles. The van der Waals surface area contributed by atoms with Crippen LogP contribution in [0, 0.1) is 0 Å². The Morgan fingerprint density at radius 2 is 1.71 bits per heavy atom. The molecule has 3 nitrogen and oxygen atoms in total. The lowest BCUT2D eigenvalue weighted by molar-refractivity contribution is 0.112. The monoisotopic (exact) mass is 278 g/mol. The van der Waals surface area contributed by atoms with Gasteiger partial charge in [-0.05, 0) is 34.5 Å². The van der Waals surface area contributed by atoms with E-state index in [1.807, 2.05) is 36.4 Å². The SMILES string of the molecule is O=Cc1c(OCc2ccc(O)cc2)ccc2ccccc12. The Labute approximate surface area is 122 Å².